The third-order valence-electron chi connectivity index (χ3n) is 4.95. The molecule has 162 valence electrons. The van der Waals surface area contributed by atoms with E-state index in [1.54, 1.807) is 16.9 Å². The Hall–Kier alpha value is -2.67. The summed E-state index contributed by atoms with van der Waals surface area (Å²) in [6.45, 7) is 2.68. The van der Waals surface area contributed by atoms with Gasteiger partial charge in [-0.05, 0) is 53.9 Å². The third kappa shape index (κ3) is 5.57. The van der Waals surface area contributed by atoms with Crippen molar-refractivity contribution in [2.24, 2.45) is 0 Å². The number of nitrogens with one attached hydrogen (secondary N) is 1. The maximum atomic E-state index is 6.02. The first-order valence-corrected chi connectivity index (χ1v) is 11.8. The molecule has 5 aromatic rings. The number of rotatable bonds is 4. The minimum Gasteiger partial charge on any atom is -0.278 e. The number of fused-ring (bicyclic) bond motifs is 1. The van der Waals surface area contributed by atoms with Crippen molar-refractivity contribution in [2.75, 3.05) is 0 Å². The molecular formula is C24H20BrCl2N5. The predicted octanol–water partition coefficient (Wildman–Crippen LogP) is 7.07. The molecule has 32 heavy (non-hydrogen) atoms. The van der Waals surface area contributed by atoms with Gasteiger partial charge >= 0.3 is 0 Å². The second-order valence-electron chi connectivity index (χ2n) is 7.31. The van der Waals surface area contributed by atoms with E-state index in [4.69, 9.17) is 23.2 Å². The summed E-state index contributed by atoms with van der Waals surface area (Å²) in [6, 6.07) is 19.8. The van der Waals surface area contributed by atoms with Gasteiger partial charge in [0.15, 0.2) is 0 Å². The summed E-state index contributed by atoms with van der Waals surface area (Å²) in [5.41, 5.74) is 6.50. The molecule has 0 aliphatic heterocycles. The van der Waals surface area contributed by atoms with Crippen molar-refractivity contribution in [1.82, 2.24) is 25.2 Å². The summed E-state index contributed by atoms with van der Waals surface area (Å²) < 4.78 is 1.76. The lowest BCUT2D eigenvalue weighted by molar-refractivity contribution is 0.650. The van der Waals surface area contributed by atoms with Crippen LogP contribution >= 0.6 is 39.1 Å². The van der Waals surface area contributed by atoms with Gasteiger partial charge in [0.25, 0.3) is 0 Å². The highest BCUT2D eigenvalue weighted by Gasteiger charge is 2.07. The molecule has 0 saturated heterocycles. The van der Waals surface area contributed by atoms with Crippen LogP contribution in [-0.2, 0) is 11.9 Å². The molecule has 0 spiro atoms. The molecule has 1 N–H and O–H groups in total. The average Bonchev–Trinajstić information content (AvgIpc) is 3.42. The van der Waals surface area contributed by atoms with E-state index in [1.165, 1.54) is 11.1 Å². The molecular weight excluding hydrogens is 509 g/mol. The van der Waals surface area contributed by atoms with Crippen molar-refractivity contribution in [2.45, 2.75) is 18.8 Å². The number of alkyl halides is 1. The normalized spacial score (nSPS) is 10.8. The van der Waals surface area contributed by atoms with Crippen LogP contribution < -0.4 is 0 Å². The highest BCUT2D eigenvalue weighted by Crippen LogP contribution is 2.23. The number of benzene rings is 3. The molecule has 0 unspecified atom stereocenters. The Morgan fingerprint density at radius 2 is 1.78 bits per heavy atom. The standard InChI is InChI=1S/C16H11Cl2N5.C8H9Br/c17-13-3-10(4-14(18)6-13)8-23-9-16(21-22-23)11-1-2-15-12(5-11)7-19-20-15;1-7-4-2-3-5-8(7)6-9/h1-7,9H,8H2,(H,19,20);2-5H,6H2,1H3. The van der Waals surface area contributed by atoms with E-state index in [0.717, 1.165) is 33.1 Å². The van der Waals surface area contributed by atoms with Crippen LogP contribution in [0.4, 0.5) is 0 Å². The van der Waals surface area contributed by atoms with Gasteiger partial charge in [-0.3, -0.25) is 5.10 Å². The van der Waals surface area contributed by atoms with Crippen molar-refractivity contribution in [3.05, 3.63) is 99.8 Å². The quantitative estimate of drug-likeness (QED) is 0.254. The fourth-order valence-corrected chi connectivity index (χ4v) is 4.46. The lowest BCUT2D eigenvalue weighted by Crippen LogP contribution is -2.00. The molecule has 2 heterocycles. The number of nitrogens with zero attached hydrogens (tertiary/aromatic N) is 4. The van der Waals surface area contributed by atoms with Crippen LogP contribution in [0.2, 0.25) is 10.0 Å². The van der Waals surface area contributed by atoms with E-state index in [1.807, 2.05) is 36.5 Å². The molecule has 0 aliphatic carbocycles. The molecule has 0 atom stereocenters. The molecule has 0 fully saturated rings. The van der Waals surface area contributed by atoms with Crippen molar-refractivity contribution in [1.29, 1.82) is 0 Å². The van der Waals surface area contributed by atoms with Gasteiger partial charge in [0, 0.05) is 26.3 Å². The molecule has 0 amide bonds. The Balaban J connectivity index is 0.000000230. The van der Waals surface area contributed by atoms with Gasteiger partial charge < -0.3 is 0 Å². The molecule has 8 heteroatoms. The minimum atomic E-state index is 0.557. The number of hydrogen-bond donors (Lipinski definition) is 1. The van der Waals surface area contributed by atoms with E-state index < -0.39 is 0 Å². The van der Waals surface area contributed by atoms with Gasteiger partial charge in [-0.2, -0.15) is 5.10 Å². The Kier molecular flexibility index (Phi) is 7.25. The number of H-pyrrole nitrogens is 1. The number of halogens is 3. The summed E-state index contributed by atoms with van der Waals surface area (Å²) in [5.74, 6) is 0. The SMILES string of the molecule is Cc1ccccc1CBr.Clc1cc(Cl)cc(Cn2cc(-c3ccc4[nH]ncc4c3)nn2)c1. The molecule has 0 saturated carbocycles. The highest BCUT2D eigenvalue weighted by molar-refractivity contribution is 9.08. The zero-order valence-corrected chi connectivity index (χ0v) is 20.4. The van der Waals surface area contributed by atoms with Crippen molar-refractivity contribution >= 4 is 50.0 Å². The fraction of sp³-hybridized carbons (Fsp3) is 0.125. The summed E-state index contributed by atoms with van der Waals surface area (Å²) in [7, 11) is 0. The first-order valence-electron chi connectivity index (χ1n) is 9.91. The third-order valence-corrected chi connectivity index (χ3v) is 5.99. The Morgan fingerprint density at radius 3 is 2.50 bits per heavy atom. The number of aromatic amines is 1. The van der Waals surface area contributed by atoms with Crippen LogP contribution in [0.3, 0.4) is 0 Å². The molecule has 2 aromatic heterocycles. The molecule has 0 bridgehead atoms. The molecule has 5 rings (SSSR count). The zero-order valence-electron chi connectivity index (χ0n) is 17.3. The number of aromatic nitrogens is 5. The van der Waals surface area contributed by atoms with Crippen LogP contribution in [0.5, 0.6) is 0 Å². The smallest absolute Gasteiger partial charge is 0.113 e. The fourth-order valence-electron chi connectivity index (χ4n) is 3.26. The molecule has 0 aliphatic rings. The predicted molar refractivity (Wildman–Crippen MR) is 134 cm³/mol. The van der Waals surface area contributed by atoms with E-state index in [-0.39, 0.29) is 0 Å². The van der Waals surface area contributed by atoms with E-state index >= 15 is 0 Å². The summed E-state index contributed by atoms with van der Waals surface area (Å²) in [5, 5.41) is 18.6. The van der Waals surface area contributed by atoms with Gasteiger partial charge in [-0.25, -0.2) is 4.68 Å². The van der Waals surface area contributed by atoms with E-state index in [2.05, 4.69) is 67.6 Å². The maximum Gasteiger partial charge on any atom is 0.113 e. The monoisotopic (exact) mass is 527 g/mol. The van der Waals surface area contributed by atoms with Crippen molar-refractivity contribution < 1.29 is 0 Å². The summed E-state index contributed by atoms with van der Waals surface area (Å²) in [6.07, 6.45) is 3.69. The largest absolute Gasteiger partial charge is 0.278 e. The summed E-state index contributed by atoms with van der Waals surface area (Å²) >= 11 is 15.5. The lowest BCUT2D eigenvalue weighted by Gasteiger charge is -2.02. The van der Waals surface area contributed by atoms with E-state index in [9.17, 15) is 0 Å². The summed E-state index contributed by atoms with van der Waals surface area (Å²) in [4.78, 5) is 0. The van der Waals surface area contributed by atoms with Crippen LogP contribution in [0, 0.1) is 6.92 Å². The van der Waals surface area contributed by atoms with Crippen LogP contribution in [-0.4, -0.2) is 25.2 Å². The first-order chi connectivity index (χ1) is 15.5. The van der Waals surface area contributed by atoms with Gasteiger partial charge in [0.2, 0.25) is 0 Å². The molecule has 5 nitrogen and oxygen atoms in total. The van der Waals surface area contributed by atoms with Gasteiger partial charge in [0.05, 0.1) is 24.5 Å². The van der Waals surface area contributed by atoms with Crippen molar-refractivity contribution in [3.63, 3.8) is 0 Å². The second-order valence-corrected chi connectivity index (χ2v) is 8.74. The molecule has 3 aromatic carbocycles. The number of hydrogen-bond acceptors (Lipinski definition) is 3. The van der Waals surface area contributed by atoms with Crippen LogP contribution in [0.15, 0.2) is 73.1 Å². The zero-order chi connectivity index (χ0) is 22.5. The average molecular weight is 529 g/mol. The highest BCUT2D eigenvalue weighted by atomic mass is 79.9. The lowest BCUT2D eigenvalue weighted by atomic mass is 10.1. The van der Waals surface area contributed by atoms with E-state index in [0.29, 0.717) is 16.6 Å². The maximum absolute atomic E-state index is 6.02. The Labute approximate surface area is 204 Å². The van der Waals surface area contributed by atoms with Gasteiger partial charge in [-0.15, -0.1) is 5.10 Å². The molecule has 0 radical (unpaired) electrons. The van der Waals surface area contributed by atoms with Gasteiger partial charge in [0.1, 0.15) is 5.69 Å². The first kappa shape index (κ1) is 22.5. The second kappa shape index (κ2) is 10.3. The Bertz CT molecular complexity index is 1330. The minimum absolute atomic E-state index is 0.557. The van der Waals surface area contributed by atoms with Crippen LogP contribution in [0.1, 0.15) is 16.7 Å². The topological polar surface area (TPSA) is 59.4 Å². The number of aryl methyl sites for hydroxylation is 1. The Morgan fingerprint density at radius 1 is 1.00 bits per heavy atom. The van der Waals surface area contributed by atoms with Crippen LogP contribution in [0.25, 0.3) is 22.2 Å². The van der Waals surface area contributed by atoms with Gasteiger partial charge in [-0.1, -0.05) is 74.7 Å². The van der Waals surface area contributed by atoms with Crippen molar-refractivity contribution in [3.8, 4) is 11.3 Å².